The highest BCUT2D eigenvalue weighted by Gasteiger charge is 2.62. The summed E-state index contributed by atoms with van der Waals surface area (Å²) in [6, 6.07) is 10.9. The maximum Gasteiger partial charge on any atom is 0.445 e. The molecular formula is C42H33Cl3F9N3O5. The predicted octanol–water partition coefficient (Wildman–Crippen LogP) is 10.6. The molecule has 4 aliphatic rings. The van der Waals surface area contributed by atoms with E-state index in [9.17, 15) is 59.3 Å². The van der Waals surface area contributed by atoms with Crippen LogP contribution in [0, 0.1) is 53.3 Å². The Balaban J connectivity index is 0.000000176. The van der Waals surface area contributed by atoms with Crippen LogP contribution in [0.15, 0.2) is 54.6 Å². The van der Waals surface area contributed by atoms with E-state index in [2.05, 4.69) is 39.1 Å². The quantitative estimate of drug-likeness (QED) is 0.101. The third kappa shape index (κ3) is 11.3. The van der Waals surface area contributed by atoms with Crippen LogP contribution in [0.1, 0.15) is 62.1 Å². The van der Waals surface area contributed by atoms with E-state index in [0.717, 1.165) is 63.6 Å². The summed E-state index contributed by atoms with van der Waals surface area (Å²) < 4.78 is 125. The van der Waals surface area contributed by atoms with Gasteiger partial charge in [-0.15, -0.1) is 0 Å². The summed E-state index contributed by atoms with van der Waals surface area (Å²) in [5, 5.41) is 24.8. The van der Waals surface area contributed by atoms with Gasteiger partial charge >= 0.3 is 24.6 Å². The monoisotopic (exact) mass is 935 g/mol. The Morgan fingerprint density at radius 1 is 0.742 bits per heavy atom. The van der Waals surface area contributed by atoms with Crippen molar-refractivity contribution >= 4 is 63.9 Å². The minimum absolute atomic E-state index is 0.000000945. The highest BCUT2D eigenvalue weighted by Crippen LogP contribution is 2.49. The predicted molar refractivity (Wildman–Crippen MR) is 212 cm³/mol. The summed E-state index contributed by atoms with van der Waals surface area (Å²) in [6.07, 6.45) is -11.6. The van der Waals surface area contributed by atoms with Crippen molar-refractivity contribution in [3.8, 4) is 35.5 Å². The Bertz CT molecular complexity index is 2420. The number of alkyl halides is 9. The molecule has 3 fully saturated rings. The van der Waals surface area contributed by atoms with Gasteiger partial charge in [-0.3, -0.25) is 10.1 Å². The molecule has 3 aromatic rings. The molecule has 6 N–H and O–H groups in total. The van der Waals surface area contributed by atoms with Crippen molar-refractivity contribution in [3.63, 3.8) is 0 Å². The van der Waals surface area contributed by atoms with Crippen LogP contribution >= 0.6 is 34.8 Å². The van der Waals surface area contributed by atoms with Crippen LogP contribution in [0.2, 0.25) is 15.1 Å². The van der Waals surface area contributed by atoms with Crippen LogP contribution in [-0.2, 0) is 26.3 Å². The molecule has 7 rings (SSSR count). The summed E-state index contributed by atoms with van der Waals surface area (Å²) in [5.41, 5.74) is -5.93. The van der Waals surface area contributed by atoms with Gasteiger partial charge in [0.15, 0.2) is 0 Å². The number of benzene rings is 3. The fraction of sp³-hybridized carbons (Fsp3) is 0.381. The molecule has 0 aromatic heterocycles. The minimum Gasteiger partial charge on any atom is -0.415 e. The molecule has 3 aromatic carbocycles. The molecule has 3 aliphatic carbocycles. The molecule has 3 atom stereocenters. The third-order valence-corrected chi connectivity index (χ3v) is 9.95. The first kappa shape index (κ1) is 48.1. The zero-order valence-corrected chi connectivity index (χ0v) is 34.2. The minimum atomic E-state index is -5.03. The highest BCUT2D eigenvalue weighted by atomic mass is 35.5. The number of anilines is 3. The van der Waals surface area contributed by atoms with E-state index in [0.29, 0.717) is 0 Å². The molecule has 3 saturated carbocycles. The van der Waals surface area contributed by atoms with Gasteiger partial charge in [-0.25, -0.2) is 4.79 Å². The Hall–Kier alpha value is -4.96. The number of cyclic esters (lactones) is 1. The second kappa shape index (κ2) is 18.0. The molecule has 20 heteroatoms. The number of nitrogen functional groups attached to an aromatic ring is 1. The number of nitrogens with one attached hydrogen (secondary N) is 2. The van der Waals surface area contributed by atoms with Gasteiger partial charge in [0.1, 0.15) is 0 Å². The molecule has 330 valence electrons. The van der Waals surface area contributed by atoms with Crippen molar-refractivity contribution in [2.75, 3.05) is 16.4 Å². The van der Waals surface area contributed by atoms with Gasteiger partial charge in [0.25, 0.3) is 5.60 Å². The molecule has 8 nitrogen and oxygen atoms in total. The topological polar surface area (TPSA) is 134 Å². The first-order valence-corrected chi connectivity index (χ1v) is 19.5. The molecular weight excluding hydrogens is 904 g/mol. The summed E-state index contributed by atoms with van der Waals surface area (Å²) in [5.74, 6) is 12.5. The zero-order valence-electron chi connectivity index (χ0n) is 31.9. The summed E-state index contributed by atoms with van der Waals surface area (Å²) in [7, 11) is 0. The number of nitrogens with two attached hydrogens (primary N) is 1. The van der Waals surface area contributed by atoms with Crippen molar-refractivity contribution in [3.05, 3.63) is 86.4 Å². The van der Waals surface area contributed by atoms with E-state index in [-0.39, 0.29) is 55.4 Å². The van der Waals surface area contributed by atoms with E-state index >= 15 is 0 Å². The van der Waals surface area contributed by atoms with E-state index in [1.807, 2.05) is 11.8 Å². The normalized spacial score (nSPS) is 20.0. The van der Waals surface area contributed by atoms with E-state index in [4.69, 9.17) is 40.5 Å². The highest BCUT2D eigenvalue weighted by molar-refractivity contribution is 6.31. The number of fused-ring (bicyclic) bond motifs is 1. The molecule has 0 radical (unpaired) electrons. The van der Waals surface area contributed by atoms with E-state index < -0.39 is 58.5 Å². The number of hydrogen-bond donors (Lipinski definition) is 5. The molecule has 62 heavy (non-hydrogen) atoms. The number of hydrogen-bond acceptors (Lipinski definition) is 6. The lowest BCUT2D eigenvalue weighted by molar-refractivity contribution is -0.240. The SMILES string of the molecule is CC(=O)Nc1ccc(Cl)cc1[C@@](O)(C#CC1CC1)C(F)(F)F.Nc1ccc(Cl)cc1[C@@](O)(C#CC1CC1)C(F)(F)F.O=C1Nc2ccc(Cl)cc2[C@@](C#CC2CC2)(C(F)(F)F)O1. The molecule has 0 saturated heterocycles. The van der Waals surface area contributed by atoms with Gasteiger partial charge in [0.2, 0.25) is 17.1 Å². The van der Waals surface area contributed by atoms with Gasteiger partial charge < -0.3 is 26.0 Å². The van der Waals surface area contributed by atoms with Gasteiger partial charge in [-0.1, -0.05) is 64.4 Å². The zero-order chi connectivity index (χ0) is 46.1. The number of carbonyl (C=O) groups excluding carboxylic acids is 2. The van der Waals surface area contributed by atoms with E-state index in [1.165, 1.54) is 36.4 Å². The largest absolute Gasteiger partial charge is 0.445 e. The third-order valence-electron chi connectivity index (χ3n) is 9.25. The first-order valence-electron chi connectivity index (χ1n) is 18.3. The van der Waals surface area contributed by atoms with Crippen molar-refractivity contribution in [2.45, 2.75) is 80.8 Å². The van der Waals surface area contributed by atoms with Crippen molar-refractivity contribution < 1.29 is 64.1 Å². The van der Waals surface area contributed by atoms with Crippen LogP contribution < -0.4 is 16.4 Å². The lowest BCUT2D eigenvalue weighted by Gasteiger charge is -2.35. The number of aliphatic hydroxyl groups is 2. The maximum atomic E-state index is 13.6. The lowest BCUT2D eigenvalue weighted by Crippen LogP contribution is -2.49. The number of rotatable bonds is 3. The van der Waals surface area contributed by atoms with Crippen molar-refractivity contribution in [1.29, 1.82) is 0 Å². The summed E-state index contributed by atoms with van der Waals surface area (Å²) in [6.45, 7) is 1.15. The first-order chi connectivity index (χ1) is 28.7. The number of amides is 2. The van der Waals surface area contributed by atoms with Crippen LogP contribution in [0.25, 0.3) is 0 Å². The van der Waals surface area contributed by atoms with Gasteiger partial charge in [0, 0.05) is 67.8 Å². The second-order valence-electron chi connectivity index (χ2n) is 14.5. The average Bonchev–Trinajstić information content (AvgIpc) is 4.01. The molecule has 0 bridgehead atoms. The number of halogens is 12. The fourth-order valence-corrected chi connectivity index (χ4v) is 5.97. The number of carbonyl (C=O) groups is 2. The average molecular weight is 937 g/mol. The van der Waals surface area contributed by atoms with Crippen molar-refractivity contribution in [1.82, 2.24) is 0 Å². The fourth-order valence-electron chi connectivity index (χ4n) is 5.46. The van der Waals surface area contributed by atoms with Crippen LogP contribution in [0.5, 0.6) is 0 Å². The number of ether oxygens (including phenoxy) is 1. The molecule has 0 spiro atoms. The van der Waals surface area contributed by atoms with Crippen LogP contribution in [0.3, 0.4) is 0 Å². The van der Waals surface area contributed by atoms with Crippen molar-refractivity contribution in [2.24, 2.45) is 17.8 Å². The van der Waals surface area contributed by atoms with Crippen LogP contribution in [0.4, 0.5) is 61.4 Å². The van der Waals surface area contributed by atoms with Gasteiger partial charge in [0.05, 0.1) is 5.69 Å². The van der Waals surface area contributed by atoms with Crippen LogP contribution in [-0.4, -0.2) is 40.7 Å². The molecule has 2 amide bonds. The second-order valence-corrected chi connectivity index (χ2v) is 15.8. The Labute approximate surface area is 363 Å². The Morgan fingerprint density at radius 3 is 1.68 bits per heavy atom. The molecule has 0 unspecified atom stereocenters. The smallest absolute Gasteiger partial charge is 0.415 e. The summed E-state index contributed by atoms with van der Waals surface area (Å²) >= 11 is 17.2. The maximum absolute atomic E-state index is 13.6. The van der Waals surface area contributed by atoms with Gasteiger partial charge in [-0.2, -0.15) is 39.5 Å². The lowest BCUT2D eigenvalue weighted by atomic mass is 9.90. The summed E-state index contributed by atoms with van der Waals surface area (Å²) in [4.78, 5) is 22.7. The van der Waals surface area contributed by atoms with Gasteiger partial charge in [-0.05, 0) is 99.0 Å². The molecule has 1 aliphatic heterocycles. The molecule has 1 heterocycles. The Morgan fingerprint density at radius 2 is 1.19 bits per heavy atom. The van der Waals surface area contributed by atoms with E-state index in [1.54, 1.807) is 0 Å². The standard InChI is InChI=1S/C15H13ClF3NO2.C14H9ClF3NO2.C13H11ClF3NO/c1-9(21)20-13-5-4-11(16)8-12(13)14(22,15(17,18)19)7-6-10-2-3-10;15-9-3-4-11-10(7-9)13(14(16,17)18,21-12(20)19-11)6-5-8-1-2-8;14-9-3-4-11(18)10(7-9)12(19,13(15,16)17)6-5-8-1-2-8/h4-5,8,10,22H,2-3H2,1H3,(H,20,21);3-4,7-8H,1-2H2,(H,19,20);3-4,7-8,19H,1-2,18H2/t14-;13-;12-/m000/s1. The Kier molecular flexibility index (Phi) is 14.0.